The van der Waals surface area contributed by atoms with Gasteiger partial charge in [-0.05, 0) is 0 Å². The van der Waals surface area contributed by atoms with Gasteiger partial charge in [0, 0.05) is 50.4 Å². The molecule has 1 aromatic heterocycles. The highest BCUT2D eigenvalue weighted by Gasteiger charge is 2.27. The molecule has 0 aliphatic carbocycles. The Bertz CT molecular complexity index is 872. The summed E-state index contributed by atoms with van der Waals surface area (Å²) in [7, 11) is 1.14. The Kier molecular flexibility index (Phi) is 6.80. The van der Waals surface area contributed by atoms with E-state index in [-0.39, 0.29) is 18.4 Å². The topological polar surface area (TPSA) is 83.9 Å². The van der Waals surface area contributed by atoms with Gasteiger partial charge in [-0.1, -0.05) is 0 Å². The van der Waals surface area contributed by atoms with Crippen LogP contribution in [0, 0.1) is 17.5 Å². The zero-order valence-electron chi connectivity index (χ0n) is 15.6. The average molecular weight is 431 g/mol. The van der Waals surface area contributed by atoms with Crippen LogP contribution in [-0.4, -0.2) is 53.9 Å². The minimum atomic E-state index is -1.62. The second-order valence-corrected chi connectivity index (χ2v) is 7.23. The van der Waals surface area contributed by atoms with Crippen LogP contribution in [0.3, 0.4) is 0 Å². The van der Waals surface area contributed by atoms with E-state index in [0.717, 1.165) is 13.2 Å². The maximum absolute atomic E-state index is 13.8. The van der Waals surface area contributed by atoms with Crippen molar-refractivity contribution in [3.8, 4) is 11.5 Å². The number of thiazole rings is 1. The number of carbonyl (C=O) groups excluding carboxylic acids is 1. The molecule has 29 heavy (non-hydrogen) atoms. The van der Waals surface area contributed by atoms with Crippen molar-refractivity contribution in [2.45, 2.75) is 25.4 Å². The quantitative estimate of drug-likeness (QED) is 0.687. The summed E-state index contributed by atoms with van der Waals surface area (Å²) in [5, 5.41) is 13.8. The summed E-state index contributed by atoms with van der Waals surface area (Å²) in [5.74, 6) is -5.13. The Morgan fingerprint density at radius 2 is 2.07 bits per heavy atom. The third kappa shape index (κ3) is 4.91. The fraction of sp³-hybridized carbons (Fsp3) is 0.444. The first-order valence-electron chi connectivity index (χ1n) is 8.92. The molecule has 1 aliphatic rings. The van der Waals surface area contributed by atoms with E-state index in [1.807, 2.05) is 0 Å². The van der Waals surface area contributed by atoms with Crippen LogP contribution in [-0.2, 0) is 6.42 Å². The molecule has 11 heteroatoms. The van der Waals surface area contributed by atoms with Crippen LogP contribution in [0.15, 0.2) is 11.4 Å². The van der Waals surface area contributed by atoms with Gasteiger partial charge in [0.2, 0.25) is 5.82 Å². The number of aliphatic hydroxyl groups is 1. The van der Waals surface area contributed by atoms with E-state index < -0.39 is 29.3 Å². The molecule has 158 valence electrons. The average Bonchev–Trinajstić information content (AvgIpc) is 3.14. The molecule has 2 heterocycles. The molecule has 0 bridgehead atoms. The number of anilines is 1. The summed E-state index contributed by atoms with van der Waals surface area (Å²) in [6.45, 7) is 0.705. The van der Waals surface area contributed by atoms with Crippen molar-refractivity contribution in [3.05, 3.63) is 34.6 Å². The fourth-order valence-electron chi connectivity index (χ4n) is 2.96. The van der Waals surface area contributed by atoms with Gasteiger partial charge in [-0.3, -0.25) is 5.32 Å². The number of hydrogen-bond acceptors (Lipinski definition) is 6. The Hall–Kier alpha value is -2.53. The predicted octanol–water partition coefficient (Wildman–Crippen LogP) is 3.18. The molecular weight excluding hydrogens is 411 g/mol. The molecule has 0 unspecified atom stereocenters. The smallest absolute Gasteiger partial charge is 0.323 e. The van der Waals surface area contributed by atoms with Gasteiger partial charge in [0.15, 0.2) is 28.3 Å². The highest BCUT2D eigenvalue weighted by molar-refractivity contribution is 7.13. The molecule has 1 aliphatic heterocycles. The van der Waals surface area contributed by atoms with Crippen LogP contribution < -0.4 is 14.8 Å². The normalized spacial score (nSPS) is 14.7. The summed E-state index contributed by atoms with van der Waals surface area (Å²) < 4.78 is 51.1. The van der Waals surface area contributed by atoms with E-state index in [9.17, 15) is 18.0 Å². The number of carbonyl (C=O) groups is 1. The maximum Gasteiger partial charge on any atom is 0.323 e. The van der Waals surface area contributed by atoms with E-state index >= 15 is 0 Å². The molecule has 0 saturated carbocycles. The lowest BCUT2D eigenvalue weighted by Crippen LogP contribution is -2.43. The van der Waals surface area contributed by atoms with E-state index in [1.54, 1.807) is 10.3 Å². The molecule has 1 saturated heterocycles. The van der Waals surface area contributed by atoms with Gasteiger partial charge in [-0.2, -0.15) is 4.39 Å². The van der Waals surface area contributed by atoms with Crippen molar-refractivity contribution in [3.63, 3.8) is 0 Å². The van der Waals surface area contributed by atoms with Gasteiger partial charge in [0.05, 0.1) is 12.8 Å². The number of halogens is 3. The van der Waals surface area contributed by atoms with Crippen LogP contribution in [0.1, 0.15) is 18.5 Å². The molecule has 1 aromatic carbocycles. The molecule has 7 nitrogen and oxygen atoms in total. The molecule has 3 rings (SSSR count). The Morgan fingerprint density at radius 3 is 2.72 bits per heavy atom. The minimum absolute atomic E-state index is 0.0166. The lowest BCUT2D eigenvalue weighted by Gasteiger charge is -2.32. The second-order valence-electron chi connectivity index (χ2n) is 6.37. The molecular formula is C18H20F3N3O4S. The highest BCUT2D eigenvalue weighted by Crippen LogP contribution is 2.35. The van der Waals surface area contributed by atoms with Crippen LogP contribution in [0.25, 0.3) is 0 Å². The van der Waals surface area contributed by atoms with Crippen molar-refractivity contribution < 1.29 is 32.5 Å². The van der Waals surface area contributed by atoms with Gasteiger partial charge >= 0.3 is 6.03 Å². The maximum atomic E-state index is 13.8. The zero-order valence-corrected chi connectivity index (χ0v) is 16.4. The van der Waals surface area contributed by atoms with Crippen LogP contribution >= 0.6 is 11.3 Å². The van der Waals surface area contributed by atoms with Crippen molar-refractivity contribution >= 4 is 22.5 Å². The minimum Gasteiger partial charge on any atom is -0.490 e. The van der Waals surface area contributed by atoms with E-state index in [4.69, 9.17) is 14.6 Å². The van der Waals surface area contributed by atoms with Crippen molar-refractivity contribution in [1.29, 1.82) is 0 Å². The lowest BCUT2D eigenvalue weighted by molar-refractivity contribution is 0.111. The number of aromatic nitrogens is 1. The SMILES string of the molecule is COc1c(OC2CCN(C(=O)Nc3nc(CCO)cs3)CC2)cc(F)c(F)c1F. The predicted molar refractivity (Wildman–Crippen MR) is 100 cm³/mol. The van der Waals surface area contributed by atoms with Gasteiger partial charge in [0.1, 0.15) is 6.10 Å². The van der Waals surface area contributed by atoms with Crippen LogP contribution in [0.4, 0.5) is 23.1 Å². The summed E-state index contributed by atoms with van der Waals surface area (Å²) >= 11 is 1.27. The number of rotatable bonds is 6. The Balaban J connectivity index is 1.56. The summed E-state index contributed by atoms with van der Waals surface area (Å²) in [5.41, 5.74) is 0.701. The molecule has 0 atom stereocenters. The van der Waals surface area contributed by atoms with E-state index in [2.05, 4.69) is 10.3 Å². The number of piperidine rings is 1. The molecule has 2 N–H and O–H groups in total. The number of likely N-dealkylation sites (tertiary alicyclic amines) is 1. The van der Waals surface area contributed by atoms with Crippen LogP contribution in [0.5, 0.6) is 11.5 Å². The number of amides is 2. The third-order valence-electron chi connectivity index (χ3n) is 4.44. The van der Waals surface area contributed by atoms with Crippen molar-refractivity contribution in [1.82, 2.24) is 9.88 Å². The van der Waals surface area contributed by atoms with E-state index in [1.165, 1.54) is 11.3 Å². The lowest BCUT2D eigenvalue weighted by atomic mass is 10.1. The molecule has 0 radical (unpaired) electrons. The number of ether oxygens (including phenoxy) is 2. The number of nitrogens with one attached hydrogen (secondary N) is 1. The number of benzene rings is 1. The Labute approximate surface area is 169 Å². The second kappa shape index (κ2) is 9.31. The molecule has 2 aromatic rings. The van der Waals surface area contributed by atoms with Crippen molar-refractivity contribution in [2.24, 2.45) is 0 Å². The van der Waals surface area contributed by atoms with Gasteiger partial charge in [-0.15, -0.1) is 11.3 Å². The monoisotopic (exact) mass is 431 g/mol. The Morgan fingerprint density at radius 1 is 1.34 bits per heavy atom. The molecule has 0 spiro atoms. The van der Waals surface area contributed by atoms with Gasteiger partial charge < -0.3 is 19.5 Å². The van der Waals surface area contributed by atoms with Crippen molar-refractivity contribution in [2.75, 3.05) is 32.1 Å². The molecule has 2 amide bonds. The first-order chi connectivity index (χ1) is 13.9. The molecule has 1 fully saturated rings. The first-order valence-corrected chi connectivity index (χ1v) is 9.80. The van der Waals surface area contributed by atoms with Gasteiger partial charge in [-0.25, -0.2) is 18.6 Å². The first kappa shape index (κ1) is 21.2. The van der Waals surface area contributed by atoms with E-state index in [0.29, 0.717) is 43.2 Å². The summed E-state index contributed by atoms with van der Waals surface area (Å²) in [4.78, 5) is 18.1. The number of aliphatic hydroxyl groups excluding tert-OH is 1. The largest absolute Gasteiger partial charge is 0.490 e. The standard InChI is InChI=1S/C18H20F3N3O4S/c1-27-16-13(8-12(19)14(20)15(16)21)28-11-2-5-24(6-3-11)18(26)23-17-22-10(4-7-25)9-29-17/h8-9,11,25H,2-7H2,1H3,(H,22,23,26). The third-order valence-corrected chi connectivity index (χ3v) is 5.25. The highest BCUT2D eigenvalue weighted by atomic mass is 32.1. The number of hydrogen-bond donors (Lipinski definition) is 2. The summed E-state index contributed by atoms with van der Waals surface area (Å²) in [6, 6.07) is 0.438. The number of nitrogens with zero attached hydrogens (tertiary/aromatic N) is 2. The zero-order chi connectivity index (χ0) is 21.0. The fourth-order valence-corrected chi connectivity index (χ4v) is 3.69. The number of methoxy groups -OCH3 is 1. The van der Waals surface area contributed by atoms with Crippen LogP contribution in [0.2, 0.25) is 0 Å². The van der Waals surface area contributed by atoms with Gasteiger partial charge in [0.25, 0.3) is 0 Å². The number of urea groups is 1. The summed E-state index contributed by atoms with van der Waals surface area (Å²) in [6.07, 6.45) is 0.854.